The fraction of sp³-hybridized carbons (Fsp3) is 0.500. The van der Waals surface area contributed by atoms with Crippen molar-refractivity contribution in [2.75, 3.05) is 6.61 Å². The molecule has 1 saturated heterocycles. The van der Waals surface area contributed by atoms with Crippen molar-refractivity contribution in [3.05, 3.63) is 35.9 Å². The van der Waals surface area contributed by atoms with Gasteiger partial charge in [0.25, 0.3) is 0 Å². The summed E-state index contributed by atoms with van der Waals surface area (Å²) in [5.74, 6) is 0. The van der Waals surface area contributed by atoms with Gasteiger partial charge >= 0.3 is 0 Å². The van der Waals surface area contributed by atoms with Crippen molar-refractivity contribution in [2.45, 2.75) is 31.2 Å². The third kappa shape index (κ3) is 3.02. The molecule has 0 spiro atoms. The summed E-state index contributed by atoms with van der Waals surface area (Å²) in [5, 5.41) is 28.6. The quantitative estimate of drug-likeness (QED) is 0.672. The molecule has 0 aromatic heterocycles. The van der Waals surface area contributed by atoms with Gasteiger partial charge in [-0.1, -0.05) is 30.3 Å². The van der Waals surface area contributed by atoms with Crippen molar-refractivity contribution in [2.24, 2.45) is 0 Å². The first-order chi connectivity index (χ1) is 8.18. The van der Waals surface area contributed by atoms with Gasteiger partial charge in [-0.2, -0.15) is 0 Å². The van der Waals surface area contributed by atoms with Crippen LogP contribution in [0.5, 0.6) is 0 Å². The van der Waals surface area contributed by atoms with Crippen LogP contribution in [0.4, 0.5) is 0 Å². The summed E-state index contributed by atoms with van der Waals surface area (Å²) >= 11 is 0. The first-order valence-electron chi connectivity index (χ1n) is 5.50. The Kier molecular flexibility index (Phi) is 4.09. The van der Waals surface area contributed by atoms with Crippen LogP contribution in [0.15, 0.2) is 30.3 Å². The molecule has 2 rings (SSSR count). The maximum atomic E-state index is 9.67. The SMILES string of the molecule is O[C@@H]1[C@@H](OCc2ccccc2)[C@@H](O)OC[C@@H]1O. The van der Waals surface area contributed by atoms with Gasteiger partial charge in [0.1, 0.15) is 18.3 Å². The zero-order valence-electron chi connectivity index (χ0n) is 9.27. The molecule has 4 atom stereocenters. The number of ether oxygens (including phenoxy) is 2. The lowest BCUT2D eigenvalue weighted by Gasteiger charge is -2.35. The second kappa shape index (κ2) is 5.57. The van der Waals surface area contributed by atoms with Crippen LogP contribution >= 0.6 is 0 Å². The fourth-order valence-electron chi connectivity index (χ4n) is 1.73. The number of hydrogen-bond donors (Lipinski definition) is 3. The number of hydrogen-bond acceptors (Lipinski definition) is 5. The lowest BCUT2D eigenvalue weighted by molar-refractivity contribution is -0.267. The molecule has 17 heavy (non-hydrogen) atoms. The molecule has 0 amide bonds. The molecule has 0 bridgehead atoms. The summed E-state index contributed by atoms with van der Waals surface area (Å²) in [4.78, 5) is 0. The molecule has 1 aromatic carbocycles. The van der Waals surface area contributed by atoms with Crippen LogP contribution in [0.25, 0.3) is 0 Å². The van der Waals surface area contributed by atoms with E-state index in [2.05, 4.69) is 0 Å². The third-order valence-electron chi connectivity index (χ3n) is 2.73. The Bertz CT molecular complexity index is 342. The van der Waals surface area contributed by atoms with Gasteiger partial charge in [0, 0.05) is 0 Å². The Morgan fingerprint density at radius 1 is 1.18 bits per heavy atom. The summed E-state index contributed by atoms with van der Waals surface area (Å²) < 4.78 is 10.3. The molecule has 3 N–H and O–H groups in total. The van der Waals surface area contributed by atoms with Crippen LogP contribution in [0.2, 0.25) is 0 Å². The normalized spacial score (nSPS) is 33.6. The minimum Gasteiger partial charge on any atom is -0.388 e. The average Bonchev–Trinajstić information content (AvgIpc) is 2.35. The monoisotopic (exact) mass is 240 g/mol. The summed E-state index contributed by atoms with van der Waals surface area (Å²) in [6.45, 7) is 0.156. The Morgan fingerprint density at radius 3 is 2.59 bits per heavy atom. The molecule has 1 aliphatic rings. The van der Waals surface area contributed by atoms with Gasteiger partial charge in [0.15, 0.2) is 6.29 Å². The van der Waals surface area contributed by atoms with E-state index < -0.39 is 24.6 Å². The highest BCUT2D eigenvalue weighted by Crippen LogP contribution is 2.18. The molecule has 1 heterocycles. The Balaban J connectivity index is 1.93. The van der Waals surface area contributed by atoms with Gasteiger partial charge in [-0.3, -0.25) is 0 Å². The lowest BCUT2D eigenvalue weighted by atomic mass is 10.1. The van der Waals surface area contributed by atoms with Crippen LogP contribution in [0, 0.1) is 0 Å². The summed E-state index contributed by atoms with van der Waals surface area (Å²) in [5.41, 5.74) is 0.923. The molecule has 94 valence electrons. The van der Waals surface area contributed by atoms with E-state index in [0.29, 0.717) is 0 Å². The zero-order chi connectivity index (χ0) is 12.3. The van der Waals surface area contributed by atoms with E-state index >= 15 is 0 Å². The second-order valence-electron chi connectivity index (χ2n) is 4.04. The molecule has 0 unspecified atom stereocenters. The first-order valence-corrected chi connectivity index (χ1v) is 5.50. The predicted octanol–water partition coefficient (Wildman–Crippen LogP) is -0.358. The summed E-state index contributed by atoms with van der Waals surface area (Å²) in [7, 11) is 0. The number of rotatable bonds is 3. The molecular weight excluding hydrogens is 224 g/mol. The van der Waals surface area contributed by atoms with Gasteiger partial charge in [0.05, 0.1) is 13.2 Å². The fourth-order valence-corrected chi connectivity index (χ4v) is 1.73. The second-order valence-corrected chi connectivity index (χ2v) is 4.04. The topological polar surface area (TPSA) is 79.2 Å². The Labute approximate surface area is 99.2 Å². The highest BCUT2D eigenvalue weighted by atomic mass is 16.6. The highest BCUT2D eigenvalue weighted by Gasteiger charge is 2.38. The first kappa shape index (κ1) is 12.5. The summed E-state index contributed by atoms with van der Waals surface area (Å²) in [6.07, 6.45) is -4.31. The van der Waals surface area contributed by atoms with E-state index in [1.54, 1.807) is 0 Å². The summed E-state index contributed by atoms with van der Waals surface area (Å²) in [6, 6.07) is 9.38. The maximum Gasteiger partial charge on any atom is 0.183 e. The maximum absolute atomic E-state index is 9.67. The highest BCUT2D eigenvalue weighted by molar-refractivity contribution is 5.13. The van der Waals surface area contributed by atoms with Gasteiger partial charge in [-0.05, 0) is 5.56 Å². The van der Waals surface area contributed by atoms with E-state index in [-0.39, 0.29) is 13.2 Å². The predicted molar refractivity (Wildman–Crippen MR) is 59.0 cm³/mol. The van der Waals surface area contributed by atoms with Crippen LogP contribution in [-0.4, -0.2) is 46.5 Å². The van der Waals surface area contributed by atoms with E-state index in [1.807, 2.05) is 30.3 Å². The van der Waals surface area contributed by atoms with E-state index in [9.17, 15) is 15.3 Å². The van der Waals surface area contributed by atoms with E-state index in [0.717, 1.165) is 5.56 Å². The van der Waals surface area contributed by atoms with Gasteiger partial charge in [0.2, 0.25) is 0 Å². The Hall–Kier alpha value is -0.980. The molecule has 1 aliphatic heterocycles. The van der Waals surface area contributed by atoms with Crippen molar-refractivity contribution in [3.8, 4) is 0 Å². The number of benzene rings is 1. The Morgan fingerprint density at radius 2 is 1.88 bits per heavy atom. The molecule has 0 saturated carbocycles. The number of aliphatic hydroxyl groups excluding tert-OH is 3. The van der Waals surface area contributed by atoms with Crippen molar-refractivity contribution in [1.29, 1.82) is 0 Å². The lowest BCUT2D eigenvalue weighted by Crippen LogP contribution is -2.53. The minimum atomic E-state index is -1.21. The molecular formula is C12H16O5. The number of aliphatic hydroxyl groups is 3. The van der Waals surface area contributed by atoms with Gasteiger partial charge in [-0.15, -0.1) is 0 Å². The van der Waals surface area contributed by atoms with E-state index in [1.165, 1.54) is 0 Å². The van der Waals surface area contributed by atoms with Crippen LogP contribution in [-0.2, 0) is 16.1 Å². The smallest absolute Gasteiger partial charge is 0.183 e. The van der Waals surface area contributed by atoms with Crippen LogP contribution in [0.3, 0.4) is 0 Å². The molecule has 5 heteroatoms. The van der Waals surface area contributed by atoms with Crippen molar-refractivity contribution in [1.82, 2.24) is 0 Å². The largest absolute Gasteiger partial charge is 0.388 e. The minimum absolute atomic E-state index is 0.0898. The van der Waals surface area contributed by atoms with Gasteiger partial charge in [-0.25, -0.2) is 0 Å². The standard InChI is InChI=1S/C12H16O5/c13-9-7-17-12(15)11(10(9)14)16-6-8-4-2-1-3-5-8/h1-5,9-15H,6-7H2/t9-,10-,11+,12-/m0/s1. The van der Waals surface area contributed by atoms with Crippen molar-refractivity contribution in [3.63, 3.8) is 0 Å². The average molecular weight is 240 g/mol. The van der Waals surface area contributed by atoms with E-state index in [4.69, 9.17) is 9.47 Å². The molecule has 1 fully saturated rings. The van der Waals surface area contributed by atoms with Crippen molar-refractivity contribution >= 4 is 0 Å². The van der Waals surface area contributed by atoms with Crippen LogP contribution < -0.4 is 0 Å². The van der Waals surface area contributed by atoms with Crippen LogP contribution in [0.1, 0.15) is 5.56 Å². The zero-order valence-corrected chi connectivity index (χ0v) is 9.27. The van der Waals surface area contributed by atoms with Gasteiger partial charge < -0.3 is 24.8 Å². The molecule has 0 aliphatic carbocycles. The molecule has 1 aromatic rings. The van der Waals surface area contributed by atoms with Crippen molar-refractivity contribution < 1.29 is 24.8 Å². The molecule has 0 radical (unpaired) electrons. The molecule has 5 nitrogen and oxygen atoms in total. The third-order valence-corrected chi connectivity index (χ3v) is 2.73.